The lowest BCUT2D eigenvalue weighted by Gasteiger charge is -2.25. The normalized spacial score (nSPS) is 14.4. The highest BCUT2D eigenvalue weighted by Crippen LogP contribution is 2.30. The van der Waals surface area contributed by atoms with Gasteiger partial charge in [-0.3, -0.25) is 0 Å². The van der Waals surface area contributed by atoms with Crippen molar-refractivity contribution >= 4 is 22.2 Å². The predicted molar refractivity (Wildman–Crippen MR) is 98.1 cm³/mol. The molecule has 0 spiro atoms. The van der Waals surface area contributed by atoms with E-state index in [1.165, 1.54) is 22.0 Å². The van der Waals surface area contributed by atoms with Crippen molar-refractivity contribution in [1.29, 1.82) is 0 Å². The SMILES string of the molecule is C=C1C=CC(c2ccc3c(ccn3C)c2)=CN1c1ccccc1. The van der Waals surface area contributed by atoms with Crippen LogP contribution in [0.25, 0.3) is 16.5 Å². The van der Waals surface area contributed by atoms with E-state index >= 15 is 0 Å². The predicted octanol–water partition coefficient (Wildman–Crippen LogP) is 5.11. The van der Waals surface area contributed by atoms with E-state index < -0.39 is 0 Å². The van der Waals surface area contributed by atoms with Crippen molar-refractivity contribution in [3.8, 4) is 0 Å². The summed E-state index contributed by atoms with van der Waals surface area (Å²) in [7, 11) is 2.07. The summed E-state index contributed by atoms with van der Waals surface area (Å²) in [6.07, 6.45) is 8.45. The van der Waals surface area contributed by atoms with Crippen molar-refractivity contribution in [2.75, 3.05) is 4.90 Å². The fourth-order valence-corrected chi connectivity index (χ4v) is 2.99. The largest absolute Gasteiger partial charge is 0.351 e. The number of benzene rings is 2. The Morgan fingerprint density at radius 1 is 0.913 bits per heavy atom. The number of hydrogen-bond donors (Lipinski definition) is 0. The summed E-state index contributed by atoms with van der Waals surface area (Å²) < 4.78 is 2.14. The quantitative estimate of drug-likeness (QED) is 0.638. The zero-order chi connectivity index (χ0) is 15.8. The molecule has 112 valence electrons. The first kappa shape index (κ1) is 13.6. The van der Waals surface area contributed by atoms with Crippen LogP contribution in [0.4, 0.5) is 5.69 Å². The standard InChI is InChI=1S/C21H18N2/c1-16-8-9-19(15-23(16)20-6-4-3-5-7-20)17-10-11-21-18(14-17)12-13-22(21)2/h3-15H,1H2,2H3. The Kier molecular flexibility index (Phi) is 3.16. The van der Waals surface area contributed by atoms with Crippen LogP contribution in [-0.4, -0.2) is 4.57 Å². The van der Waals surface area contributed by atoms with Crippen LogP contribution in [0.1, 0.15) is 5.56 Å². The number of rotatable bonds is 2. The van der Waals surface area contributed by atoms with E-state index in [4.69, 9.17) is 0 Å². The Hall–Kier alpha value is -3.00. The fourth-order valence-electron chi connectivity index (χ4n) is 2.99. The molecule has 0 atom stereocenters. The van der Waals surface area contributed by atoms with Crippen LogP contribution in [0.5, 0.6) is 0 Å². The van der Waals surface area contributed by atoms with Crippen molar-refractivity contribution in [3.05, 3.63) is 97.0 Å². The van der Waals surface area contributed by atoms with Crippen LogP contribution in [0, 0.1) is 0 Å². The first-order chi connectivity index (χ1) is 11.2. The molecule has 2 heterocycles. The lowest BCUT2D eigenvalue weighted by atomic mass is 10.0. The average molecular weight is 298 g/mol. The summed E-state index contributed by atoms with van der Waals surface area (Å²) in [4.78, 5) is 2.13. The van der Waals surface area contributed by atoms with E-state index in [1.807, 2.05) is 18.2 Å². The molecule has 1 aliphatic heterocycles. The molecular formula is C21H18N2. The molecule has 2 nitrogen and oxygen atoms in total. The average Bonchev–Trinajstić information content (AvgIpc) is 2.97. The van der Waals surface area contributed by atoms with E-state index in [2.05, 4.69) is 84.0 Å². The molecule has 1 aliphatic rings. The van der Waals surface area contributed by atoms with Crippen molar-refractivity contribution in [1.82, 2.24) is 4.57 Å². The van der Waals surface area contributed by atoms with Crippen LogP contribution >= 0.6 is 0 Å². The lowest BCUT2D eigenvalue weighted by Crippen LogP contribution is -2.16. The highest BCUT2D eigenvalue weighted by Gasteiger charge is 2.12. The van der Waals surface area contributed by atoms with Gasteiger partial charge >= 0.3 is 0 Å². The summed E-state index contributed by atoms with van der Waals surface area (Å²) in [6, 6.07) is 19.1. The third kappa shape index (κ3) is 2.38. The lowest BCUT2D eigenvalue weighted by molar-refractivity contribution is 0.969. The highest BCUT2D eigenvalue weighted by atomic mass is 15.1. The zero-order valence-corrected chi connectivity index (χ0v) is 13.1. The van der Waals surface area contributed by atoms with E-state index in [9.17, 15) is 0 Å². The maximum atomic E-state index is 4.14. The van der Waals surface area contributed by atoms with Gasteiger partial charge in [0, 0.05) is 41.7 Å². The van der Waals surface area contributed by atoms with E-state index in [0.717, 1.165) is 11.4 Å². The second-order valence-corrected chi connectivity index (χ2v) is 5.81. The molecular weight excluding hydrogens is 280 g/mol. The Bertz CT molecular complexity index is 942. The molecule has 0 aliphatic carbocycles. The summed E-state index contributed by atoms with van der Waals surface area (Å²) in [5.74, 6) is 0. The maximum Gasteiger partial charge on any atom is 0.0478 e. The van der Waals surface area contributed by atoms with Gasteiger partial charge in [0.05, 0.1) is 0 Å². The van der Waals surface area contributed by atoms with Crippen molar-refractivity contribution in [2.24, 2.45) is 7.05 Å². The van der Waals surface area contributed by atoms with Gasteiger partial charge in [-0.05, 0) is 47.5 Å². The molecule has 3 aromatic rings. The third-order valence-electron chi connectivity index (χ3n) is 4.29. The number of allylic oxidation sites excluding steroid dienone is 3. The first-order valence-corrected chi connectivity index (χ1v) is 7.71. The Morgan fingerprint density at radius 3 is 2.57 bits per heavy atom. The van der Waals surface area contributed by atoms with Gasteiger partial charge in [-0.25, -0.2) is 0 Å². The molecule has 0 unspecified atom stereocenters. The highest BCUT2D eigenvalue weighted by molar-refractivity contribution is 5.88. The number of fused-ring (bicyclic) bond motifs is 1. The van der Waals surface area contributed by atoms with Gasteiger partial charge in [0.15, 0.2) is 0 Å². The molecule has 0 fully saturated rings. The summed E-state index contributed by atoms with van der Waals surface area (Å²) in [5.41, 5.74) is 5.75. The topological polar surface area (TPSA) is 8.17 Å². The Balaban J connectivity index is 1.77. The molecule has 2 aromatic carbocycles. The van der Waals surface area contributed by atoms with Gasteiger partial charge < -0.3 is 9.47 Å². The van der Waals surface area contributed by atoms with Crippen molar-refractivity contribution in [2.45, 2.75) is 0 Å². The number of hydrogen-bond acceptors (Lipinski definition) is 1. The minimum Gasteiger partial charge on any atom is -0.351 e. The smallest absolute Gasteiger partial charge is 0.0478 e. The molecule has 0 amide bonds. The minimum atomic E-state index is 0.973. The van der Waals surface area contributed by atoms with Gasteiger partial charge in [-0.1, -0.05) is 36.9 Å². The van der Waals surface area contributed by atoms with Crippen molar-refractivity contribution < 1.29 is 0 Å². The van der Waals surface area contributed by atoms with E-state index in [0.29, 0.717) is 0 Å². The van der Waals surface area contributed by atoms with Crippen LogP contribution < -0.4 is 4.90 Å². The molecule has 0 saturated heterocycles. The number of para-hydroxylation sites is 1. The van der Waals surface area contributed by atoms with Gasteiger partial charge in [0.1, 0.15) is 0 Å². The van der Waals surface area contributed by atoms with Crippen LogP contribution in [0.3, 0.4) is 0 Å². The van der Waals surface area contributed by atoms with Gasteiger partial charge in [-0.2, -0.15) is 0 Å². The summed E-state index contributed by atoms with van der Waals surface area (Å²) >= 11 is 0. The zero-order valence-electron chi connectivity index (χ0n) is 13.1. The van der Waals surface area contributed by atoms with Gasteiger partial charge in [-0.15, -0.1) is 0 Å². The molecule has 0 N–H and O–H groups in total. The van der Waals surface area contributed by atoms with Gasteiger partial charge in [0.25, 0.3) is 0 Å². The molecule has 0 bridgehead atoms. The Labute approximate surface area is 136 Å². The van der Waals surface area contributed by atoms with Crippen LogP contribution in [0.15, 0.2) is 91.4 Å². The van der Waals surface area contributed by atoms with Crippen molar-refractivity contribution in [3.63, 3.8) is 0 Å². The summed E-state index contributed by atoms with van der Waals surface area (Å²) in [5, 5.41) is 1.26. The minimum absolute atomic E-state index is 0.973. The molecule has 0 radical (unpaired) electrons. The molecule has 2 heteroatoms. The first-order valence-electron chi connectivity index (χ1n) is 7.71. The van der Waals surface area contributed by atoms with Crippen LogP contribution in [0.2, 0.25) is 0 Å². The number of aromatic nitrogens is 1. The number of anilines is 1. The number of nitrogens with zero attached hydrogens (tertiary/aromatic N) is 2. The maximum absolute atomic E-state index is 4.14. The second kappa shape index (κ2) is 5.33. The summed E-state index contributed by atoms with van der Waals surface area (Å²) in [6.45, 7) is 4.14. The van der Waals surface area contributed by atoms with Crippen LogP contribution in [-0.2, 0) is 7.05 Å². The second-order valence-electron chi connectivity index (χ2n) is 5.81. The molecule has 23 heavy (non-hydrogen) atoms. The third-order valence-corrected chi connectivity index (χ3v) is 4.29. The van der Waals surface area contributed by atoms with E-state index in [-0.39, 0.29) is 0 Å². The fraction of sp³-hybridized carbons (Fsp3) is 0.0476. The monoisotopic (exact) mass is 298 g/mol. The molecule has 1 aromatic heterocycles. The molecule has 0 saturated carbocycles. The Morgan fingerprint density at radius 2 is 1.74 bits per heavy atom. The van der Waals surface area contributed by atoms with E-state index in [1.54, 1.807) is 0 Å². The van der Waals surface area contributed by atoms with Gasteiger partial charge in [0.2, 0.25) is 0 Å². The molecule has 4 rings (SSSR count). The number of aryl methyl sites for hydroxylation is 1.